The maximum Gasteiger partial charge on any atom is 0.349 e. The van der Waals surface area contributed by atoms with Gasteiger partial charge in [0.25, 0.3) is 5.91 Å². The van der Waals surface area contributed by atoms with Gasteiger partial charge in [0.05, 0.1) is 22.4 Å². The fourth-order valence-corrected chi connectivity index (χ4v) is 3.13. The molecule has 0 aliphatic rings. The van der Waals surface area contributed by atoms with E-state index in [0.717, 1.165) is 11.1 Å². The number of carboxylic acid groups (broad SMARTS) is 1. The SMILES string of the molecule is Cc1ccc(C(=O)OC(C(=O)O)C(OC(=O)c2ccc(C)cc2)C(=O)Nc2ccccc2C#N)cc1. The Labute approximate surface area is 206 Å². The highest BCUT2D eigenvalue weighted by Crippen LogP contribution is 2.18. The lowest BCUT2D eigenvalue weighted by atomic mass is 10.1. The number of hydrogen-bond donors (Lipinski definition) is 2. The van der Waals surface area contributed by atoms with Crippen LogP contribution in [0.3, 0.4) is 0 Å². The number of carbonyl (C=O) groups is 4. The van der Waals surface area contributed by atoms with Crippen molar-refractivity contribution in [2.45, 2.75) is 26.1 Å². The van der Waals surface area contributed by atoms with Crippen molar-refractivity contribution in [2.75, 3.05) is 5.32 Å². The van der Waals surface area contributed by atoms with Crippen LogP contribution in [0.2, 0.25) is 0 Å². The smallest absolute Gasteiger partial charge is 0.349 e. The van der Waals surface area contributed by atoms with Gasteiger partial charge in [0.15, 0.2) is 0 Å². The van der Waals surface area contributed by atoms with E-state index < -0.39 is 36.0 Å². The van der Waals surface area contributed by atoms with E-state index in [1.54, 1.807) is 43.3 Å². The number of ether oxygens (including phenoxy) is 2. The third-order valence-corrected chi connectivity index (χ3v) is 5.12. The molecule has 2 atom stereocenters. The van der Waals surface area contributed by atoms with Crippen molar-refractivity contribution in [1.29, 1.82) is 5.26 Å². The highest BCUT2D eigenvalue weighted by atomic mass is 16.6. The Balaban J connectivity index is 1.94. The summed E-state index contributed by atoms with van der Waals surface area (Å²) in [6, 6.07) is 20.2. The van der Waals surface area contributed by atoms with Gasteiger partial charge in [0, 0.05) is 0 Å². The highest BCUT2D eigenvalue weighted by Gasteiger charge is 2.41. The average molecular weight is 486 g/mol. The van der Waals surface area contributed by atoms with Crippen LogP contribution in [0.5, 0.6) is 0 Å². The molecule has 2 unspecified atom stereocenters. The quantitative estimate of drug-likeness (QED) is 0.459. The molecule has 2 N–H and O–H groups in total. The number of carbonyl (C=O) groups excluding carboxylic acids is 3. The summed E-state index contributed by atoms with van der Waals surface area (Å²) in [6.07, 6.45) is -4.25. The van der Waals surface area contributed by atoms with E-state index in [1.165, 1.54) is 36.4 Å². The van der Waals surface area contributed by atoms with E-state index in [2.05, 4.69) is 5.32 Å². The number of para-hydroxylation sites is 1. The number of benzene rings is 3. The lowest BCUT2D eigenvalue weighted by Crippen LogP contribution is -2.48. The molecule has 182 valence electrons. The number of hydrogen-bond acceptors (Lipinski definition) is 7. The van der Waals surface area contributed by atoms with Gasteiger partial charge in [0.2, 0.25) is 12.2 Å². The Hall–Kier alpha value is -4.97. The summed E-state index contributed by atoms with van der Waals surface area (Å²) in [7, 11) is 0. The number of anilines is 1. The van der Waals surface area contributed by atoms with Gasteiger partial charge in [-0.15, -0.1) is 0 Å². The number of aryl methyl sites for hydroxylation is 2. The van der Waals surface area contributed by atoms with Crippen LogP contribution in [0.25, 0.3) is 0 Å². The number of nitrogens with one attached hydrogen (secondary N) is 1. The van der Waals surface area contributed by atoms with Crippen LogP contribution in [0.1, 0.15) is 37.4 Å². The molecule has 0 aromatic heterocycles. The van der Waals surface area contributed by atoms with Crippen molar-refractivity contribution < 1.29 is 33.8 Å². The van der Waals surface area contributed by atoms with Crippen molar-refractivity contribution in [3.05, 3.63) is 101 Å². The molecule has 0 fully saturated rings. The second-order valence-corrected chi connectivity index (χ2v) is 7.87. The third kappa shape index (κ3) is 6.33. The zero-order chi connectivity index (χ0) is 26.2. The van der Waals surface area contributed by atoms with E-state index in [1.807, 2.05) is 13.0 Å². The Bertz CT molecular complexity index is 1330. The second kappa shape index (κ2) is 11.4. The Morgan fingerprint density at radius 2 is 1.25 bits per heavy atom. The molecule has 9 nitrogen and oxygen atoms in total. The summed E-state index contributed by atoms with van der Waals surface area (Å²) >= 11 is 0. The number of carboxylic acids is 1. The van der Waals surface area contributed by atoms with Gasteiger partial charge in [-0.1, -0.05) is 47.5 Å². The minimum atomic E-state index is -2.18. The topological polar surface area (TPSA) is 143 Å². The zero-order valence-electron chi connectivity index (χ0n) is 19.4. The molecule has 0 aliphatic carbocycles. The first-order valence-corrected chi connectivity index (χ1v) is 10.8. The van der Waals surface area contributed by atoms with Gasteiger partial charge in [-0.2, -0.15) is 5.26 Å². The minimum Gasteiger partial charge on any atom is -0.478 e. The number of amides is 1. The van der Waals surface area contributed by atoms with Crippen molar-refractivity contribution in [1.82, 2.24) is 0 Å². The van der Waals surface area contributed by atoms with Gasteiger partial charge in [-0.05, 0) is 50.2 Å². The van der Waals surface area contributed by atoms with Crippen molar-refractivity contribution in [3.8, 4) is 6.07 Å². The van der Waals surface area contributed by atoms with Crippen LogP contribution in [0.15, 0.2) is 72.8 Å². The van der Waals surface area contributed by atoms with Crippen LogP contribution in [-0.4, -0.2) is 41.1 Å². The van der Waals surface area contributed by atoms with E-state index >= 15 is 0 Å². The Morgan fingerprint density at radius 1 is 0.778 bits per heavy atom. The van der Waals surface area contributed by atoms with E-state index in [-0.39, 0.29) is 22.4 Å². The van der Waals surface area contributed by atoms with Gasteiger partial charge in [-0.25, -0.2) is 14.4 Å². The highest BCUT2D eigenvalue weighted by molar-refractivity contribution is 6.02. The molecule has 9 heteroatoms. The molecule has 3 aromatic rings. The summed E-state index contributed by atoms with van der Waals surface area (Å²) in [4.78, 5) is 50.7. The fraction of sp³-hybridized carbons (Fsp3) is 0.148. The molecule has 3 aromatic carbocycles. The van der Waals surface area contributed by atoms with Gasteiger partial charge in [0.1, 0.15) is 6.07 Å². The molecule has 0 heterocycles. The molecule has 0 bridgehead atoms. The summed E-state index contributed by atoms with van der Waals surface area (Å²) in [5.74, 6) is -4.83. The lowest BCUT2D eigenvalue weighted by molar-refractivity contribution is -0.157. The normalized spacial score (nSPS) is 11.9. The Morgan fingerprint density at radius 3 is 1.72 bits per heavy atom. The predicted molar refractivity (Wildman–Crippen MR) is 128 cm³/mol. The maximum absolute atomic E-state index is 13.2. The fourth-order valence-electron chi connectivity index (χ4n) is 3.13. The van der Waals surface area contributed by atoms with Crippen LogP contribution in [0.4, 0.5) is 5.69 Å². The van der Waals surface area contributed by atoms with Gasteiger partial charge < -0.3 is 19.9 Å². The molecule has 3 rings (SSSR count). The number of aliphatic carboxylic acids is 1. The standard InChI is InChI=1S/C27H22N2O7/c1-16-7-11-18(12-8-16)26(33)35-22(24(30)29-21-6-4-3-5-20(21)15-28)23(25(31)32)36-27(34)19-13-9-17(2)10-14-19/h3-14,22-23H,1-2H3,(H,29,30)(H,31,32). The number of nitriles is 1. The molecule has 0 aliphatic heterocycles. The van der Waals surface area contributed by atoms with E-state index in [0.29, 0.717) is 0 Å². The molecule has 1 amide bonds. The first-order chi connectivity index (χ1) is 17.2. The summed E-state index contributed by atoms with van der Waals surface area (Å²) < 4.78 is 10.4. The predicted octanol–water partition coefficient (Wildman–Crippen LogP) is 3.65. The molecule has 0 spiro atoms. The van der Waals surface area contributed by atoms with Crippen LogP contribution in [0, 0.1) is 25.2 Å². The monoisotopic (exact) mass is 486 g/mol. The Kier molecular flexibility index (Phi) is 8.15. The minimum absolute atomic E-state index is 0.0469. The summed E-state index contributed by atoms with van der Waals surface area (Å²) in [5.41, 5.74) is 2.00. The van der Waals surface area contributed by atoms with Crippen molar-refractivity contribution in [2.24, 2.45) is 0 Å². The van der Waals surface area contributed by atoms with Crippen LogP contribution in [-0.2, 0) is 19.1 Å². The summed E-state index contributed by atoms with van der Waals surface area (Å²) in [5, 5.41) is 21.5. The molecule has 36 heavy (non-hydrogen) atoms. The largest absolute Gasteiger partial charge is 0.478 e. The zero-order valence-corrected chi connectivity index (χ0v) is 19.4. The summed E-state index contributed by atoms with van der Waals surface area (Å²) in [6.45, 7) is 3.61. The molecule has 0 radical (unpaired) electrons. The van der Waals surface area contributed by atoms with Crippen molar-refractivity contribution >= 4 is 29.5 Å². The first-order valence-electron chi connectivity index (χ1n) is 10.8. The van der Waals surface area contributed by atoms with Crippen LogP contribution >= 0.6 is 0 Å². The number of esters is 2. The lowest BCUT2D eigenvalue weighted by Gasteiger charge is -2.24. The van der Waals surface area contributed by atoms with Gasteiger partial charge >= 0.3 is 17.9 Å². The molecule has 0 saturated carbocycles. The number of rotatable bonds is 8. The molecular formula is C27H22N2O7. The van der Waals surface area contributed by atoms with Crippen molar-refractivity contribution in [3.63, 3.8) is 0 Å². The maximum atomic E-state index is 13.2. The van der Waals surface area contributed by atoms with E-state index in [4.69, 9.17) is 9.47 Å². The third-order valence-electron chi connectivity index (χ3n) is 5.12. The molecule has 0 saturated heterocycles. The first kappa shape index (κ1) is 25.6. The van der Waals surface area contributed by atoms with Gasteiger partial charge in [-0.3, -0.25) is 4.79 Å². The van der Waals surface area contributed by atoms with E-state index in [9.17, 15) is 29.5 Å². The number of nitrogens with zero attached hydrogens (tertiary/aromatic N) is 1. The second-order valence-electron chi connectivity index (χ2n) is 7.87. The van der Waals surface area contributed by atoms with Crippen LogP contribution < -0.4 is 5.32 Å². The average Bonchev–Trinajstić information content (AvgIpc) is 2.86. The molecular weight excluding hydrogens is 464 g/mol.